The zero-order valence-corrected chi connectivity index (χ0v) is 57.6. The number of carbonyl (C=O) groups is 3. The minimum absolute atomic E-state index is 0.00777. The van der Waals surface area contributed by atoms with E-state index in [-0.39, 0.29) is 75.4 Å². The van der Waals surface area contributed by atoms with Crippen LogP contribution in [0, 0.1) is 63.6 Å². The van der Waals surface area contributed by atoms with Crippen LogP contribution in [0.25, 0.3) is 22.4 Å². The molecule has 17 unspecified atom stereocenters. The van der Waals surface area contributed by atoms with Gasteiger partial charge in [0.15, 0.2) is 17.5 Å². The van der Waals surface area contributed by atoms with Gasteiger partial charge in [0.2, 0.25) is 5.78 Å². The van der Waals surface area contributed by atoms with Crippen molar-refractivity contribution < 1.29 is 54.5 Å². The Kier molecular flexibility index (Phi) is 12.2. The lowest BCUT2D eigenvalue weighted by Gasteiger charge is -2.65. The van der Waals surface area contributed by atoms with Gasteiger partial charge in [0.05, 0.1) is 46.5 Å². The fourth-order valence-corrected chi connectivity index (χ4v) is 27.3. The Balaban J connectivity index is 0.842. The molecular weight excluding hydrogens is 1280 g/mol. The molecule has 17 atom stereocenters. The number of aliphatic hydroxyl groups excluding tert-OH is 5. The summed E-state index contributed by atoms with van der Waals surface area (Å²) in [4.78, 5) is 64.7. The number of aromatic hydroxyl groups is 1. The van der Waals surface area contributed by atoms with Crippen LogP contribution >= 0.6 is 0 Å². The summed E-state index contributed by atoms with van der Waals surface area (Å²) in [5.74, 6) is 3.79. The average molecular weight is 1370 g/mol. The van der Waals surface area contributed by atoms with E-state index in [1.54, 1.807) is 37.4 Å². The van der Waals surface area contributed by atoms with Crippen LogP contribution in [-0.4, -0.2) is 116 Å². The average Bonchev–Trinajstić information content (AvgIpc) is 1.50. The summed E-state index contributed by atoms with van der Waals surface area (Å²) < 4.78 is 15.5. The van der Waals surface area contributed by atoms with E-state index in [1.807, 2.05) is 12.5 Å². The first-order chi connectivity index (χ1) is 49.3. The zero-order chi connectivity index (χ0) is 68.9. The van der Waals surface area contributed by atoms with Crippen LogP contribution in [0.15, 0.2) is 78.4 Å². The van der Waals surface area contributed by atoms with Crippen LogP contribution in [-0.2, 0) is 33.2 Å². The molecule has 524 valence electrons. The third-order valence-electron chi connectivity index (χ3n) is 31.1. The summed E-state index contributed by atoms with van der Waals surface area (Å²) in [6.07, 6.45) is 18.7. The monoisotopic (exact) mass is 1370 g/mol. The van der Waals surface area contributed by atoms with Gasteiger partial charge < -0.3 is 66.4 Å². The fraction of sp³-hybridized carbons (Fsp3) is 0.536. The molecule has 18 nitrogen and oxygen atoms in total. The molecule has 0 radical (unpaired) electrons. The molecule has 8 heterocycles. The molecule has 3 aromatic heterocycles. The Morgan fingerprint density at radius 3 is 2.51 bits per heavy atom. The number of nitrogens with two attached hydrogens (primary N) is 1. The first-order valence-corrected chi connectivity index (χ1v) is 38.3. The first kappa shape index (κ1) is 61.7. The van der Waals surface area contributed by atoms with Crippen molar-refractivity contribution in [1.29, 1.82) is 0 Å². The fourth-order valence-electron chi connectivity index (χ4n) is 27.3. The number of fused-ring (bicyclic) bond motifs is 10. The lowest BCUT2D eigenvalue weighted by molar-refractivity contribution is -0.366. The summed E-state index contributed by atoms with van der Waals surface area (Å²) >= 11 is 0. The van der Waals surface area contributed by atoms with E-state index in [0.29, 0.717) is 103 Å². The number of hydrogen-bond acceptors (Lipinski definition) is 16. The van der Waals surface area contributed by atoms with Gasteiger partial charge in [0.25, 0.3) is 5.79 Å². The summed E-state index contributed by atoms with van der Waals surface area (Å²) in [7, 11) is 0. The maximum absolute atomic E-state index is 15.8. The number of H-pyrrole nitrogens is 2. The van der Waals surface area contributed by atoms with Crippen LogP contribution in [0.5, 0.6) is 11.5 Å². The number of phenols is 1. The van der Waals surface area contributed by atoms with Gasteiger partial charge in [-0.05, 0) is 225 Å². The van der Waals surface area contributed by atoms with Gasteiger partial charge in [0.1, 0.15) is 41.5 Å². The number of carbonyl (C=O) groups excluding carboxylic acids is 3. The van der Waals surface area contributed by atoms with E-state index in [0.717, 1.165) is 135 Å². The van der Waals surface area contributed by atoms with Gasteiger partial charge in [-0.15, -0.1) is 5.92 Å². The highest BCUT2D eigenvalue weighted by Crippen LogP contribution is 2.80. The van der Waals surface area contributed by atoms with Gasteiger partial charge >= 0.3 is 0 Å². The lowest BCUT2D eigenvalue weighted by atomic mass is 9.38. The quantitative estimate of drug-likeness (QED) is 0.0717. The second-order valence-electron chi connectivity index (χ2n) is 35.2. The highest BCUT2D eigenvalue weighted by molar-refractivity contribution is 6.34. The SMILES string of the molecule is Cc1cc(O)c2c(c1)C(=O)c1c(c3cc4c(nccc14)NCC(O)C14CC5(CCCC5)C5C#CCC67CCCC8CC9(CCC(=O)CC9Cc9ccc%10c(c9)C=CNC%10N)c9nc[nH]c9C86c6[nH]c(c(c6CC7)C51)C1=CC5(O3)OC3(C1=C4CC1(CCC4(CCCC4)C1)C3O)C(O)C(O)C5O)C2=O. The number of ether oxygens (including phenoxy) is 2. The van der Waals surface area contributed by atoms with Crippen molar-refractivity contribution in [3.8, 4) is 23.3 Å². The van der Waals surface area contributed by atoms with Crippen molar-refractivity contribution in [2.24, 2.45) is 50.6 Å². The van der Waals surface area contributed by atoms with Crippen LogP contribution in [0.2, 0.25) is 0 Å². The summed E-state index contributed by atoms with van der Waals surface area (Å²) in [5.41, 5.74) is 11.3. The first-order valence-electron chi connectivity index (χ1n) is 38.3. The topological polar surface area (TPSA) is 298 Å². The molecule has 1 saturated heterocycles. The van der Waals surface area contributed by atoms with E-state index in [9.17, 15) is 35.4 Å². The van der Waals surface area contributed by atoms with Crippen molar-refractivity contribution in [3.63, 3.8) is 0 Å². The van der Waals surface area contributed by atoms with Gasteiger partial charge in [-0.1, -0.05) is 61.8 Å². The number of aromatic amines is 2. The molecule has 6 saturated carbocycles. The molecule has 5 aliphatic heterocycles. The minimum atomic E-state index is -2.55. The van der Waals surface area contributed by atoms with E-state index < -0.39 is 91.9 Å². The predicted octanol–water partition coefficient (Wildman–Crippen LogP) is 10.6. The number of aliphatic hydroxyl groups is 5. The van der Waals surface area contributed by atoms with Crippen LogP contribution in [0.3, 0.4) is 0 Å². The van der Waals surface area contributed by atoms with E-state index in [1.165, 1.54) is 11.6 Å². The molecular formula is C84H87N7O11. The molecule has 9 spiro atoms. The standard InChI is InChI=1S/C84H87N7O11/c1-41-28-51-58(55(93)29-41)66(96)61-56-33-50-48(59(61)65(51)95)15-27-87-74(50)88-37-57(94)81-39-77(18-4-5-19-77)53-9-7-21-79-20-6-8-44-34-80(23-12-46(92)32-45(80)31-42-10-11-47-43(30-42)14-26-86-73(47)85)69-70(90-40-89-69)83(44,79)68-49(13-22-79)60(63(53)81)64(91-68)52-35-82(101-56)71(98)67(97)72(99)84(102-82)62(52)54(81)36-78(75(84)100)25-24-76(38-78)16-2-3-17-76/h10-11,14-15,26-30,33,35,40,44-45,53,57,63,67,71-73,75,86,91,93-94,97-100H,2-6,8,12-13,16-25,31-32,34,36-39,85H2,1H3,(H,87,88)(H,89,90). The molecule has 18 aliphatic rings. The number of phenolic OH excluding ortho intramolecular Hbond substituents is 1. The minimum Gasteiger partial charge on any atom is -0.507 e. The van der Waals surface area contributed by atoms with Gasteiger partial charge in [0, 0.05) is 93.6 Å². The number of nitrogens with zero attached hydrogens (tertiary/aromatic N) is 2. The molecule has 12 bridgehead atoms. The predicted molar refractivity (Wildman–Crippen MR) is 377 cm³/mol. The highest BCUT2D eigenvalue weighted by Gasteiger charge is 2.79. The molecule has 7 fully saturated rings. The van der Waals surface area contributed by atoms with Gasteiger partial charge in [-0.2, -0.15) is 0 Å². The Labute approximate surface area is 590 Å². The Hall–Kier alpha value is -7.73. The second-order valence-corrected chi connectivity index (χ2v) is 35.2. The number of imidazole rings is 1. The largest absolute Gasteiger partial charge is 0.507 e. The number of hydrogen-bond donors (Lipinski definition) is 11. The Morgan fingerprint density at radius 1 is 0.814 bits per heavy atom. The molecule has 3 aromatic carbocycles. The number of nitrogens with one attached hydrogen (secondary N) is 4. The highest BCUT2D eigenvalue weighted by atomic mass is 16.7. The molecule has 102 heavy (non-hydrogen) atoms. The number of ketones is 3. The number of rotatable bonds is 2. The van der Waals surface area contributed by atoms with Crippen molar-refractivity contribution >= 4 is 45.6 Å². The maximum atomic E-state index is 15.8. The van der Waals surface area contributed by atoms with Crippen LogP contribution in [0.1, 0.15) is 241 Å². The smallest absolute Gasteiger partial charge is 0.261 e. The lowest BCUT2D eigenvalue weighted by Crippen LogP contribution is -2.79. The van der Waals surface area contributed by atoms with Crippen molar-refractivity contribution in [1.82, 2.24) is 25.3 Å². The summed E-state index contributed by atoms with van der Waals surface area (Å²) in [6.45, 7) is 1.70. The molecule has 0 amide bonds. The maximum Gasteiger partial charge on any atom is 0.261 e. The van der Waals surface area contributed by atoms with Gasteiger partial charge in [-0.3, -0.25) is 14.4 Å². The van der Waals surface area contributed by atoms with E-state index >= 15 is 9.59 Å². The van der Waals surface area contributed by atoms with E-state index in [4.69, 9.17) is 25.2 Å². The van der Waals surface area contributed by atoms with Crippen molar-refractivity contribution in [3.05, 3.63) is 157 Å². The van der Waals surface area contributed by atoms with Crippen LogP contribution < -0.4 is 21.1 Å². The third kappa shape index (κ3) is 7.22. The molecule has 24 rings (SSSR count). The van der Waals surface area contributed by atoms with Gasteiger partial charge in [-0.25, -0.2) is 9.97 Å². The van der Waals surface area contributed by atoms with Crippen LogP contribution in [0.4, 0.5) is 5.82 Å². The summed E-state index contributed by atoms with van der Waals surface area (Å²) in [5, 5.41) is 90.1. The second kappa shape index (κ2) is 20.2. The Morgan fingerprint density at radius 2 is 1.66 bits per heavy atom. The molecule has 6 aromatic rings. The molecule has 12 N–H and O–H groups in total. The number of pyridine rings is 1. The molecule has 18 heteroatoms. The zero-order valence-electron chi connectivity index (χ0n) is 57.6. The number of aryl methyl sites for hydroxylation is 1. The number of Topliss-reactive ketones (excluding diaryl/α,β-unsaturated/α-hetero) is 1. The van der Waals surface area contributed by atoms with E-state index in [2.05, 4.69) is 56.7 Å². The van der Waals surface area contributed by atoms with Crippen molar-refractivity contribution in [2.45, 2.75) is 226 Å². The summed E-state index contributed by atoms with van der Waals surface area (Å²) in [6, 6.07) is 12.9. The number of benzene rings is 3. The number of anilines is 1. The molecule has 13 aliphatic carbocycles. The number of aromatic nitrogens is 4. The van der Waals surface area contributed by atoms with Crippen molar-refractivity contribution in [2.75, 3.05) is 11.9 Å². The normalized spacial score (nSPS) is 39.5. The third-order valence-corrected chi connectivity index (χ3v) is 31.1. The Bertz CT molecular complexity index is 5020.